The van der Waals surface area contributed by atoms with Crippen molar-refractivity contribution >= 4 is 55.1 Å². The zero-order valence-corrected chi connectivity index (χ0v) is 13.2. The predicted molar refractivity (Wildman–Crippen MR) is 79.0 cm³/mol. The third-order valence-electron chi connectivity index (χ3n) is 2.24. The van der Waals surface area contributed by atoms with Crippen molar-refractivity contribution in [1.29, 1.82) is 0 Å². The molecule has 0 saturated carbocycles. The molecule has 1 amide bonds. The third-order valence-corrected chi connectivity index (χ3v) is 3.61. The lowest BCUT2D eigenvalue weighted by Gasteiger charge is -2.07. The van der Waals surface area contributed by atoms with Crippen LogP contribution in [0.25, 0.3) is 0 Å². The third kappa shape index (κ3) is 3.52. The molecule has 1 aromatic carbocycles. The SMILES string of the molecule is O=C(Nc1cc(Br)cnc1Cl)c1ccc(Br)c(F)c1. The number of nitrogens with one attached hydrogen (secondary N) is 1. The number of carbonyl (C=O) groups excluding carboxylic acids is 1. The van der Waals surface area contributed by atoms with Gasteiger partial charge in [0.2, 0.25) is 0 Å². The molecule has 0 unspecified atom stereocenters. The zero-order valence-electron chi connectivity index (χ0n) is 9.25. The first-order valence-electron chi connectivity index (χ1n) is 5.05. The van der Waals surface area contributed by atoms with Gasteiger partial charge in [0.05, 0.1) is 10.2 Å². The highest BCUT2D eigenvalue weighted by atomic mass is 79.9. The van der Waals surface area contributed by atoms with Crippen molar-refractivity contribution in [3.05, 3.63) is 55.9 Å². The van der Waals surface area contributed by atoms with E-state index in [0.717, 1.165) is 6.07 Å². The van der Waals surface area contributed by atoms with Gasteiger partial charge in [-0.05, 0) is 56.1 Å². The average Bonchev–Trinajstić information content (AvgIpc) is 2.37. The number of carbonyl (C=O) groups is 1. The minimum Gasteiger partial charge on any atom is -0.319 e. The molecular weight excluding hydrogens is 402 g/mol. The van der Waals surface area contributed by atoms with E-state index in [1.807, 2.05) is 0 Å². The molecule has 1 aromatic heterocycles. The van der Waals surface area contributed by atoms with E-state index in [4.69, 9.17) is 11.6 Å². The van der Waals surface area contributed by atoms with Gasteiger partial charge in [-0.1, -0.05) is 11.6 Å². The number of anilines is 1. The van der Waals surface area contributed by atoms with Crippen molar-refractivity contribution < 1.29 is 9.18 Å². The van der Waals surface area contributed by atoms with E-state index >= 15 is 0 Å². The van der Waals surface area contributed by atoms with E-state index in [0.29, 0.717) is 14.6 Å². The topological polar surface area (TPSA) is 42.0 Å². The van der Waals surface area contributed by atoms with Crippen molar-refractivity contribution in [3.8, 4) is 0 Å². The summed E-state index contributed by atoms with van der Waals surface area (Å²) < 4.78 is 14.3. The number of hydrogen-bond acceptors (Lipinski definition) is 2. The largest absolute Gasteiger partial charge is 0.319 e. The van der Waals surface area contributed by atoms with Gasteiger partial charge in [0.1, 0.15) is 5.82 Å². The van der Waals surface area contributed by atoms with Crippen LogP contribution in [0.2, 0.25) is 5.15 Å². The number of rotatable bonds is 2. The summed E-state index contributed by atoms with van der Waals surface area (Å²) >= 11 is 12.1. The van der Waals surface area contributed by atoms with E-state index in [2.05, 4.69) is 42.2 Å². The van der Waals surface area contributed by atoms with Gasteiger partial charge < -0.3 is 5.32 Å². The highest BCUT2D eigenvalue weighted by Gasteiger charge is 2.11. The molecule has 2 aromatic rings. The minimum atomic E-state index is -0.508. The molecule has 0 atom stereocenters. The number of halogens is 4. The monoisotopic (exact) mass is 406 g/mol. The molecule has 1 heterocycles. The summed E-state index contributed by atoms with van der Waals surface area (Å²) in [6.45, 7) is 0. The second kappa shape index (κ2) is 5.98. The molecule has 1 N–H and O–H groups in total. The Morgan fingerprint density at radius 2 is 2.05 bits per heavy atom. The van der Waals surface area contributed by atoms with Crippen LogP contribution in [0.3, 0.4) is 0 Å². The van der Waals surface area contributed by atoms with E-state index in [1.165, 1.54) is 18.3 Å². The summed E-state index contributed by atoms with van der Waals surface area (Å²) in [5.41, 5.74) is 0.543. The molecule has 19 heavy (non-hydrogen) atoms. The summed E-state index contributed by atoms with van der Waals surface area (Å²) in [4.78, 5) is 15.8. The Morgan fingerprint density at radius 3 is 2.74 bits per heavy atom. The van der Waals surface area contributed by atoms with Gasteiger partial charge in [-0.3, -0.25) is 4.79 Å². The number of nitrogens with zero attached hydrogens (tertiary/aromatic N) is 1. The Balaban J connectivity index is 2.25. The van der Waals surface area contributed by atoms with Crippen LogP contribution >= 0.6 is 43.5 Å². The van der Waals surface area contributed by atoms with Crippen molar-refractivity contribution in [2.75, 3.05) is 5.32 Å². The number of aromatic nitrogens is 1. The molecule has 7 heteroatoms. The van der Waals surface area contributed by atoms with Gasteiger partial charge in [0, 0.05) is 16.2 Å². The predicted octanol–water partition coefficient (Wildman–Crippen LogP) is 4.65. The molecule has 3 nitrogen and oxygen atoms in total. The fourth-order valence-electron chi connectivity index (χ4n) is 1.34. The van der Waals surface area contributed by atoms with Crippen LogP contribution < -0.4 is 5.32 Å². The number of benzene rings is 1. The van der Waals surface area contributed by atoms with Crippen LogP contribution in [-0.4, -0.2) is 10.9 Å². The Kier molecular flexibility index (Phi) is 4.54. The lowest BCUT2D eigenvalue weighted by atomic mass is 10.2. The molecule has 98 valence electrons. The number of pyridine rings is 1. The summed E-state index contributed by atoms with van der Waals surface area (Å²) in [7, 11) is 0. The van der Waals surface area contributed by atoms with Crippen LogP contribution in [0.1, 0.15) is 10.4 Å². The Labute approximate surface area is 130 Å². The lowest BCUT2D eigenvalue weighted by molar-refractivity contribution is 0.102. The Morgan fingerprint density at radius 1 is 1.32 bits per heavy atom. The maximum atomic E-state index is 13.3. The van der Waals surface area contributed by atoms with Crippen molar-refractivity contribution in [2.24, 2.45) is 0 Å². The summed E-state index contributed by atoms with van der Waals surface area (Å²) in [5, 5.41) is 2.73. The second-order valence-electron chi connectivity index (χ2n) is 3.57. The summed E-state index contributed by atoms with van der Waals surface area (Å²) in [6, 6.07) is 5.72. The van der Waals surface area contributed by atoms with Gasteiger partial charge in [0.15, 0.2) is 5.15 Å². The van der Waals surface area contributed by atoms with Crippen LogP contribution in [0, 0.1) is 5.82 Å². The molecule has 0 aliphatic rings. The molecule has 0 aliphatic heterocycles. The van der Waals surface area contributed by atoms with Crippen LogP contribution in [0.4, 0.5) is 10.1 Å². The minimum absolute atomic E-state index is 0.161. The molecule has 0 bridgehead atoms. The first kappa shape index (κ1) is 14.4. The number of amides is 1. The van der Waals surface area contributed by atoms with E-state index < -0.39 is 11.7 Å². The second-order valence-corrected chi connectivity index (χ2v) is 5.70. The van der Waals surface area contributed by atoms with E-state index in [9.17, 15) is 9.18 Å². The average molecular weight is 408 g/mol. The lowest BCUT2D eigenvalue weighted by Crippen LogP contribution is -2.12. The van der Waals surface area contributed by atoms with Crippen molar-refractivity contribution in [1.82, 2.24) is 4.98 Å². The molecule has 0 aliphatic carbocycles. The van der Waals surface area contributed by atoms with E-state index in [1.54, 1.807) is 6.07 Å². The maximum Gasteiger partial charge on any atom is 0.255 e. The first-order valence-corrected chi connectivity index (χ1v) is 7.01. The molecule has 0 fully saturated rings. The van der Waals surface area contributed by atoms with Gasteiger partial charge in [-0.25, -0.2) is 9.37 Å². The highest BCUT2D eigenvalue weighted by molar-refractivity contribution is 9.10. The molecular formula is C12H6Br2ClFN2O. The van der Waals surface area contributed by atoms with Crippen molar-refractivity contribution in [2.45, 2.75) is 0 Å². The zero-order chi connectivity index (χ0) is 14.0. The fraction of sp³-hybridized carbons (Fsp3) is 0. The maximum absolute atomic E-state index is 13.3. The first-order chi connectivity index (χ1) is 8.97. The Bertz CT molecular complexity index is 652. The van der Waals surface area contributed by atoms with Gasteiger partial charge >= 0.3 is 0 Å². The van der Waals surface area contributed by atoms with Crippen LogP contribution in [0.5, 0.6) is 0 Å². The smallest absolute Gasteiger partial charge is 0.255 e. The van der Waals surface area contributed by atoms with Gasteiger partial charge in [0.25, 0.3) is 5.91 Å². The quantitative estimate of drug-likeness (QED) is 0.735. The van der Waals surface area contributed by atoms with Gasteiger partial charge in [-0.2, -0.15) is 0 Å². The fourth-order valence-corrected chi connectivity index (χ4v) is 2.07. The van der Waals surface area contributed by atoms with Crippen LogP contribution in [0.15, 0.2) is 39.4 Å². The highest BCUT2D eigenvalue weighted by Crippen LogP contribution is 2.24. The standard InChI is InChI=1S/C12H6Br2ClFN2O/c13-7-4-10(11(15)17-5-7)18-12(19)6-1-2-8(14)9(16)3-6/h1-5H,(H,18,19). The molecule has 0 spiro atoms. The van der Waals surface area contributed by atoms with Gasteiger partial charge in [-0.15, -0.1) is 0 Å². The molecule has 0 radical (unpaired) electrons. The molecule has 2 rings (SSSR count). The Hall–Kier alpha value is -0.980. The van der Waals surface area contributed by atoms with E-state index in [-0.39, 0.29) is 10.7 Å². The van der Waals surface area contributed by atoms with Crippen LogP contribution in [-0.2, 0) is 0 Å². The molecule has 0 saturated heterocycles. The summed E-state index contributed by atoms with van der Waals surface area (Å²) in [5.74, 6) is -0.973. The van der Waals surface area contributed by atoms with Crippen molar-refractivity contribution in [3.63, 3.8) is 0 Å². The number of hydrogen-bond donors (Lipinski definition) is 1. The normalized spacial score (nSPS) is 10.3. The summed E-state index contributed by atoms with van der Waals surface area (Å²) in [6.07, 6.45) is 1.51.